The second-order valence-corrected chi connectivity index (χ2v) is 9.54. The number of ether oxygens (including phenoxy) is 2. The summed E-state index contributed by atoms with van der Waals surface area (Å²) in [4.78, 5) is 30.2. The smallest absolute Gasteiger partial charge is 0.412 e. The molecule has 5 rings (SSSR count). The number of nitrogens with zero attached hydrogens (tertiary/aromatic N) is 7. The number of rotatable bonds is 7. The van der Waals surface area contributed by atoms with E-state index in [0.29, 0.717) is 43.3 Å². The SMILES string of the molecule is COc1cnc2c(-c3nc4cc(F)c(OC[C@@H](C)N(C(=O)O)c5ccc(C#N)nc5)cc4s3)cc(C#N)cc2n1. The van der Waals surface area contributed by atoms with Crippen LogP contribution in [-0.2, 0) is 0 Å². The normalized spacial score (nSPS) is 11.5. The maximum Gasteiger partial charge on any atom is 0.412 e. The van der Waals surface area contributed by atoms with Crippen LogP contribution in [0.15, 0.2) is 48.8 Å². The molecular formula is C27H18FN7O4S. The number of anilines is 1. The van der Waals surface area contributed by atoms with Crippen LogP contribution in [0.25, 0.3) is 31.8 Å². The number of amides is 1. The van der Waals surface area contributed by atoms with Gasteiger partial charge in [0.2, 0.25) is 5.88 Å². The van der Waals surface area contributed by atoms with Crippen LogP contribution in [0.5, 0.6) is 11.6 Å². The van der Waals surface area contributed by atoms with E-state index in [-0.39, 0.29) is 23.7 Å². The Labute approximate surface area is 230 Å². The van der Waals surface area contributed by atoms with Crippen LogP contribution in [-0.4, -0.2) is 50.9 Å². The van der Waals surface area contributed by atoms with Gasteiger partial charge in [0.05, 0.1) is 64.1 Å². The first kappa shape index (κ1) is 26.2. The van der Waals surface area contributed by atoms with E-state index in [1.807, 2.05) is 6.07 Å². The Hall–Kier alpha value is -5.40. The van der Waals surface area contributed by atoms with Crippen LogP contribution in [0.1, 0.15) is 18.2 Å². The van der Waals surface area contributed by atoms with Gasteiger partial charge in [0.25, 0.3) is 0 Å². The fraction of sp³-hybridized carbons (Fsp3) is 0.148. The molecular weight excluding hydrogens is 537 g/mol. The number of carbonyl (C=O) groups is 1. The van der Waals surface area contributed by atoms with Crippen LogP contribution in [0.4, 0.5) is 14.9 Å². The third-order valence-electron chi connectivity index (χ3n) is 5.90. The Morgan fingerprint density at radius 1 is 1.12 bits per heavy atom. The highest BCUT2D eigenvalue weighted by atomic mass is 32.1. The van der Waals surface area contributed by atoms with Gasteiger partial charge in [-0.2, -0.15) is 10.5 Å². The van der Waals surface area contributed by atoms with Crippen molar-refractivity contribution >= 4 is 44.4 Å². The molecule has 0 unspecified atom stereocenters. The van der Waals surface area contributed by atoms with Gasteiger partial charge in [-0.1, -0.05) is 0 Å². The number of fused-ring (bicyclic) bond motifs is 2. The Bertz CT molecular complexity index is 1850. The first-order chi connectivity index (χ1) is 19.3. The molecule has 13 heteroatoms. The molecule has 0 spiro atoms. The van der Waals surface area contributed by atoms with E-state index in [9.17, 15) is 19.6 Å². The number of pyridine rings is 1. The molecule has 0 radical (unpaired) electrons. The van der Waals surface area contributed by atoms with E-state index >= 15 is 0 Å². The van der Waals surface area contributed by atoms with Crippen LogP contribution in [0.2, 0.25) is 0 Å². The van der Waals surface area contributed by atoms with Gasteiger partial charge in [0.15, 0.2) is 11.6 Å². The van der Waals surface area contributed by atoms with Crippen molar-refractivity contribution in [3.8, 4) is 34.3 Å². The third kappa shape index (κ3) is 5.01. The second kappa shape index (κ2) is 10.8. The zero-order valence-corrected chi connectivity index (χ0v) is 21.8. The average molecular weight is 556 g/mol. The number of benzene rings is 2. The van der Waals surface area contributed by atoms with Crippen molar-refractivity contribution in [1.82, 2.24) is 19.9 Å². The standard InChI is InChI=1S/C27H18FN7O4S/c1-14(35(27(36)37)17-4-3-16(10-30)31-11-17)13-39-22-8-23-20(7-19(22)28)34-26(40-23)18-5-15(9-29)6-21-25(18)32-12-24(33-21)38-2/h3-8,11-12,14H,13H2,1-2H3,(H,36,37)/t14-/m1/s1. The van der Waals surface area contributed by atoms with Crippen molar-refractivity contribution in [1.29, 1.82) is 10.5 Å². The van der Waals surface area contributed by atoms with E-state index in [1.165, 1.54) is 55.1 Å². The minimum atomic E-state index is -1.25. The van der Waals surface area contributed by atoms with Crippen molar-refractivity contribution < 1.29 is 23.8 Å². The van der Waals surface area contributed by atoms with Crippen LogP contribution >= 0.6 is 11.3 Å². The fourth-order valence-electron chi connectivity index (χ4n) is 4.02. The Kier molecular flexibility index (Phi) is 7.05. The molecule has 1 N–H and O–H groups in total. The molecule has 0 aliphatic heterocycles. The number of thiazole rings is 1. The molecule has 40 heavy (non-hydrogen) atoms. The number of methoxy groups -OCH3 is 1. The summed E-state index contributed by atoms with van der Waals surface area (Å²) in [5, 5.41) is 28.7. The molecule has 198 valence electrons. The van der Waals surface area contributed by atoms with Gasteiger partial charge >= 0.3 is 6.09 Å². The lowest BCUT2D eigenvalue weighted by atomic mass is 10.1. The predicted molar refractivity (Wildman–Crippen MR) is 144 cm³/mol. The minimum absolute atomic E-state index is 0.0713. The molecule has 1 atom stereocenters. The number of aromatic nitrogens is 4. The molecule has 1 amide bonds. The molecule has 3 aromatic heterocycles. The quantitative estimate of drug-likeness (QED) is 0.285. The number of halogens is 1. The molecule has 2 aromatic carbocycles. The zero-order valence-electron chi connectivity index (χ0n) is 21.0. The zero-order chi connectivity index (χ0) is 28.4. The molecule has 0 saturated heterocycles. The van der Waals surface area contributed by atoms with E-state index in [0.717, 1.165) is 4.90 Å². The van der Waals surface area contributed by atoms with E-state index in [2.05, 4.69) is 26.0 Å². The maximum absolute atomic E-state index is 15.0. The summed E-state index contributed by atoms with van der Waals surface area (Å²) in [5.41, 5.74) is 2.66. The Balaban J connectivity index is 1.44. The van der Waals surface area contributed by atoms with Gasteiger partial charge in [-0.15, -0.1) is 11.3 Å². The van der Waals surface area contributed by atoms with Gasteiger partial charge in [-0.05, 0) is 31.2 Å². The Morgan fingerprint density at radius 3 is 2.62 bits per heavy atom. The summed E-state index contributed by atoms with van der Waals surface area (Å²) < 4.78 is 26.4. The molecule has 0 saturated carbocycles. The largest absolute Gasteiger partial charge is 0.488 e. The molecule has 0 aliphatic rings. The van der Waals surface area contributed by atoms with Crippen LogP contribution < -0.4 is 14.4 Å². The number of carboxylic acid groups (broad SMARTS) is 1. The lowest BCUT2D eigenvalue weighted by Gasteiger charge is -2.26. The number of nitriles is 2. The lowest BCUT2D eigenvalue weighted by Crippen LogP contribution is -2.41. The predicted octanol–water partition coefficient (Wildman–Crippen LogP) is 5.14. The average Bonchev–Trinajstić information content (AvgIpc) is 3.37. The second-order valence-electron chi connectivity index (χ2n) is 8.51. The molecule has 0 aliphatic carbocycles. The maximum atomic E-state index is 15.0. The lowest BCUT2D eigenvalue weighted by molar-refractivity contribution is 0.194. The van der Waals surface area contributed by atoms with Gasteiger partial charge in [-0.25, -0.2) is 29.1 Å². The first-order valence-corrected chi connectivity index (χ1v) is 12.5. The Morgan fingerprint density at radius 2 is 1.95 bits per heavy atom. The summed E-state index contributed by atoms with van der Waals surface area (Å²) in [6, 6.07) is 12.1. The van der Waals surface area contributed by atoms with Gasteiger partial charge < -0.3 is 14.6 Å². The summed E-state index contributed by atoms with van der Waals surface area (Å²) in [6.45, 7) is 1.45. The topological polar surface area (TPSA) is 158 Å². The summed E-state index contributed by atoms with van der Waals surface area (Å²) in [6.07, 6.45) is 1.49. The van der Waals surface area contributed by atoms with Crippen molar-refractivity contribution in [2.24, 2.45) is 0 Å². The van der Waals surface area contributed by atoms with Crippen molar-refractivity contribution in [3.05, 3.63) is 65.9 Å². The van der Waals surface area contributed by atoms with Gasteiger partial charge in [0, 0.05) is 17.7 Å². The molecule has 0 fully saturated rings. The molecule has 0 bridgehead atoms. The third-order valence-corrected chi connectivity index (χ3v) is 6.95. The first-order valence-electron chi connectivity index (χ1n) is 11.7. The number of hydrogen-bond donors (Lipinski definition) is 1. The highest BCUT2D eigenvalue weighted by Gasteiger charge is 2.23. The summed E-state index contributed by atoms with van der Waals surface area (Å²) in [5.74, 6) is -0.440. The van der Waals surface area contributed by atoms with Gasteiger partial charge in [0.1, 0.15) is 23.4 Å². The number of hydrogen-bond acceptors (Lipinski definition) is 10. The fourth-order valence-corrected chi connectivity index (χ4v) is 5.01. The molecule has 3 heterocycles. The van der Waals surface area contributed by atoms with E-state index < -0.39 is 18.0 Å². The monoisotopic (exact) mass is 555 g/mol. The van der Waals surface area contributed by atoms with E-state index in [1.54, 1.807) is 19.1 Å². The van der Waals surface area contributed by atoms with Gasteiger partial charge in [-0.3, -0.25) is 4.90 Å². The minimum Gasteiger partial charge on any atom is -0.488 e. The van der Waals surface area contributed by atoms with Crippen molar-refractivity contribution in [2.45, 2.75) is 13.0 Å². The molecule has 5 aromatic rings. The highest BCUT2D eigenvalue weighted by Crippen LogP contribution is 2.37. The van der Waals surface area contributed by atoms with Crippen LogP contribution in [0.3, 0.4) is 0 Å². The highest BCUT2D eigenvalue weighted by molar-refractivity contribution is 7.21. The summed E-state index contributed by atoms with van der Waals surface area (Å²) >= 11 is 1.26. The van der Waals surface area contributed by atoms with Crippen LogP contribution in [0, 0.1) is 28.5 Å². The van der Waals surface area contributed by atoms with Crippen molar-refractivity contribution in [3.63, 3.8) is 0 Å². The summed E-state index contributed by atoms with van der Waals surface area (Å²) in [7, 11) is 1.47. The molecule has 11 nitrogen and oxygen atoms in total. The van der Waals surface area contributed by atoms with Crippen molar-refractivity contribution in [2.75, 3.05) is 18.6 Å². The van der Waals surface area contributed by atoms with E-state index in [4.69, 9.17) is 14.7 Å².